The molecule has 0 radical (unpaired) electrons. The second-order valence-corrected chi connectivity index (χ2v) is 10.1. The van der Waals surface area contributed by atoms with E-state index in [1.165, 1.54) is 29.3 Å². The molecule has 0 aliphatic rings. The molecule has 2 N–H and O–H groups in total. The van der Waals surface area contributed by atoms with Gasteiger partial charge in [-0.2, -0.15) is 0 Å². The fourth-order valence-electron chi connectivity index (χ4n) is 3.62. The number of amides is 2. The van der Waals surface area contributed by atoms with Gasteiger partial charge in [0, 0.05) is 16.5 Å². The molecule has 0 aliphatic carbocycles. The summed E-state index contributed by atoms with van der Waals surface area (Å²) in [5, 5.41) is 15.6. The SMILES string of the molecule is Cc1ccccc1CSc1nnc(C(C)NC(=O)Nc2ccc(F)c(Cl)c2)n1-c1cc(Cl)ccc1C. The molecule has 3 aromatic carbocycles. The lowest BCUT2D eigenvalue weighted by molar-refractivity contribution is 0.249. The van der Waals surface area contributed by atoms with Crippen LogP contribution in [0.2, 0.25) is 10.0 Å². The molecule has 36 heavy (non-hydrogen) atoms. The Kier molecular flexibility index (Phi) is 8.18. The number of aryl methyl sites for hydroxylation is 2. The zero-order valence-electron chi connectivity index (χ0n) is 19.8. The highest BCUT2D eigenvalue weighted by Gasteiger charge is 2.22. The van der Waals surface area contributed by atoms with Crippen LogP contribution in [0.5, 0.6) is 0 Å². The quantitative estimate of drug-likeness (QED) is 0.236. The molecular weight excluding hydrogens is 520 g/mol. The van der Waals surface area contributed by atoms with Gasteiger partial charge in [-0.05, 0) is 67.8 Å². The number of urea groups is 1. The Bertz CT molecular complexity index is 1410. The van der Waals surface area contributed by atoms with Crippen molar-refractivity contribution in [1.29, 1.82) is 0 Å². The van der Waals surface area contributed by atoms with Gasteiger partial charge in [-0.3, -0.25) is 4.57 Å². The first-order valence-electron chi connectivity index (χ1n) is 11.1. The van der Waals surface area contributed by atoms with Gasteiger partial charge < -0.3 is 10.6 Å². The first-order chi connectivity index (χ1) is 17.2. The molecule has 1 aromatic heterocycles. The summed E-state index contributed by atoms with van der Waals surface area (Å²) in [5.41, 5.74) is 4.57. The van der Waals surface area contributed by atoms with Gasteiger partial charge >= 0.3 is 6.03 Å². The van der Waals surface area contributed by atoms with Crippen LogP contribution in [-0.4, -0.2) is 20.8 Å². The summed E-state index contributed by atoms with van der Waals surface area (Å²) < 4.78 is 15.4. The summed E-state index contributed by atoms with van der Waals surface area (Å²) >= 11 is 13.7. The Balaban J connectivity index is 1.61. The monoisotopic (exact) mass is 543 g/mol. The number of rotatable bonds is 7. The van der Waals surface area contributed by atoms with Gasteiger partial charge in [0.2, 0.25) is 0 Å². The third kappa shape index (κ3) is 6.00. The summed E-state index contributed by atoms with van der Waals surface area (Å²) in [6.45, 7) is 5.87. The van der Waals surface area contributed by atoms with E-state index in [1.54, 1.807) is 11.8 Å². The molecule has 4 aromatic rings. The highest BCUT2D eigenvalue weighted by Crippen LogP contribution is 2.31. The number of aromatic nitrogens is 3. The van der Waals surface area contributed by atoms with Crippen molar-refractivity contribution < 1.29 is 9.18 Å². The van der Waals surface area contributed by atoms with E-state index in [0.29, 0.717) is 27.4 Å². The highest BCUT2D eigenvalue weighted by atomic mass is 35.5. The van der Waals surface area contributed by atoms with Crippen LogP contribution in [0.25, 0.3) is 5.69 Å². The number of thioether (sulfide) groups is 1. The molecule has 0 saturated heterocycles. The van der Waals surface area contributed by atoms with Crippen LogP contribution in [-0.2, 0) is 5.75 Å². The predicted octanol–water partition coefficient (Wildman–Crippen LogP) is 7.51. The van der Waals surface area contributed by atoms with Crippen molar-refractivity contribution in [3.63, 3.8) is 0 Å². The van der Waals surface area contributed by atoms with Gasteiger partial charge in [0.1, 0.15) is 5.82 Å². The van der Waals surface area contributed by atoms with Crippen LogP contribution < -0.4 is 10.6 Å². The van der Waals surface area contributed by atoms with Gasteiger partial charge in [0.25, 0.3) is 0 Å². The van der Waals surface area contributed by atoms with E-state index in [-0.39, 0.29) is 5.02 Å². The average molecular weight is 544 g/mol. The second-order valence-electron chi connectivity index (χ2n) is 8.27. The molecule has 0 bridgehead atoms. The van der Waals surface area contributed by atoms with Gasteiger partial charge in [-0.25, -0.2) is 9.18 Å². The van der Waals surface area contributed by atoms with E-state index in [2.05, 4.69) is 39.9 Å². The summed E-state index contributed by atoms with van der Waals surface area (Å²) in [5.74, 6) is 0.689. The van der Waals surface area contributed by atoms with Gasteiger partial charge in [-0.1, -0.05) is 65.3 Å². The molecule has 1 unspecified atom stereocenters. The lowest BCUT2D eigenvalue weighted by Gasteiger charge is -2.18. The maximum Gasteiger partial charge on any atom is 0.319 e. The molecule has 0 saturated carbocycles. The van der Waals surface area contributed by atoms with E-state index < -0.39 is 17.9 Å². The van der Waals surface area contributed by atoms with Gasteiger partial charge in [-0.15, -0.1) is 10.2 Å². The number of halogens is 3. The fraction of sp³-hybridized carbons (Fsp3) is 0.192. The third-order valence-corrected chi connectivity index (χ3v) is 7.10. The first-order valence-corrected chi connectivity index (χ1v) is 12.9. The largest absolute Gasteiger partial charge is 0.328 e. The van der Waals surface area contributed by atoms with Gasteiger partial charge in [0.05, 0.1) is 16.8 Å². The van der Waals surface area contributed by atoms with Crippen LogP contribution in [0.1, 0.15) is 35.5 Å². The molecule has 6 nitrogen and oxygen atoms in total. The van der Waals surface area contributed by atoms with Crippen LogP contribution >= 0.6 is 35.0 Å². The molecule has 4 rings (SSSR count). The van der Waals surface area contributed by atoms with Crippen molar-refractivity contribution >= 4 is 46.7 Å². The van der Waals surface area contributed by atoms with Crippen LogP contribution in [0.3, 0.4) is 0 Å². The van der Waals surface area contributed by atoms with Crippen LogP contribution in [0.4, 0.5) is 14.9 Å². The molecule has 0 spiro atoms. The van der Waals surface area contributed by atoms with Crippen molar-refractivity contribution in [2.45, 2.75) is 37.7 Å². The second kappa shape index (κ2) is 11.3. The molecule has 1 heterocycles. The topological polar surface area (TPSA) is 71.8 Å². The molecule has 1 atom stereocenters. The normalized spacial score (nSPS) is 11.8. The number of nitrogens with one attached hydrogen (secondary N) is 2. The van der Waals surface area contributed by atoms with Crippen molar-refractivity contribution in [2.24, 2.45) is 0 Å². The molecule has 10 heteroatoms. The summed E-state index contributed by atoms with van der Waals surface area (Å²) in [6, 6.07) is 16.8. The Morgan fingerprint density at radius 2 is 1.83 bits per heavy atom. The van der Waals surface area contributed by atoms with Crippen molar-refractivity contribution in [2.75, 3.05) is 5.32 Å². The zero-order valence-corrected chi connectivity index (χ0v) is 22.2. The van der Waals surface area contributed by atoms with E-state index >= 15 is 0 Å². The number of hydrogen-bond donors (Lipinski definition) is 2. The maximum atomic E-state index is 13.4. The van der Waals surface area contributed by atoms with Crippen molar-refractivity contribution in [3.05, 3.63) is 99.0 Å². The van der Waals surface area contributed by atoms with Crippen molar-refractivity contribution in [1.82, 2.24) is 20.1 Å². The average Bonchev–Trinajstić information content (AvgIpc) is 3.26. The Morgan fingerprint density at radius 3 is 2.58 bits per heavy atom. The Morgan fingerprint density at radius 1 is 1.06 bits per heavy atom. The number of benzene rings is 3. The molecule has 186 valence electrons. The Labute approximate surface area is 223 Å². The van der Waals surface area contributed by atoms with Crippen molar-refractivity contribution in [3.8, 4) is 5.69 Å². The maximum absolute atomic E-state index is 13.4. The summed E-state index contributed by atoms with van der Waals surface area (Å²) in [6.07, 6.45) is 0. The number of carbonyl (C=O) groups is 1. The van der Waals surface area contributed by atoms with Crippen LogP contribution in [0, 0.1) is 19.7 Å². The molecule has 0 aliphatic heterocycles. The number of hydrogen-bond acceptors (Lipinski definition) is 4. The minimum absolute atomic E-state index is 0.0765. The number of nitrogens with zero attached hydrogens (tertiary/aromatic N) is 3. The summed E-state index contributed by atoms with van der Waals surface area (Å²) in [7, 11) is 0. The smallest absolute Gasteiger partial charge is 0.319 e. The van der Waals surface area contributed by atoms with Crippen LogP contribution in [0.15, 0.2) is 65.8 Å². The number of anilines is 1. The fourth-order valence-corrected chi connectivity index (χ4v) is 5.00. The summed E-state index contributed by atoms with van der Waals surface area (Å²) in [4.78, 5) is 12.7. The van der Waals surface area contributed by atoms with E-state index in [1.807, 2.05) is 48.7 Å². The lowest BCUT2D eigenvalue weighted by atomic mass is 10.1. The lowest BCUT2D eigenvalue weighted by Crippen LogP contribution is -2.32. The molecule has 0 fully saturated rings. The van der Waals surface area contributed by atoms with E-state index in [4.69, 9.17) is 23.2 Å². The van der Waals surface area contributed by atoms with Gasteiger partial charge in [0.15, 0.2) is 11.0 Å². The standard InChI is InChI=1S/C26H24Cl2FN5OS/c1-15-6-4-5-7-18(15)14-36-26-33-32-24(34(26)23-12-19(27)9-8-16(23)2)17(3)30-25(35)31-20-10-11-22(29)21(28)13-20/h4-13,17H,14H2,1-3H3,(H2,30,31,35). The number of carbonyl (C=O) groups excluding carboxylic acids is 1. The minimum atomic E-state index is -0.559. The van der Waals surface area contributed by atoms with E-state index in [0.717, 1.165) is 11.3 Å². The highest BCUT2D eigenvalue weighted by molar-refractivity contribution is 7.98. The first kappa shape index (κ1) is 26.0. The van der Waals surface area contributed by atoms with E-state index in [9.17, 15) is 9.18 Å². The predicted molar refractivity (Wildman–Crippen MR) is 144 cm³/mol. The zero-order chi connectivity index (χ0) is 25.8. The third-order valence-electron chi connectivity index (χ3n) is 5.60. The molecule has 2 amide bonds. The molecular formula is C26H24Cl2FN5OS. The Hall–Kier alpha value is -3.07. The minimum Gasteiger partial charge on any atom is -0.328 e.